The number of carbonyl (C=O) groups excluding carboxylic acids is 1. The van der Waals surface area contributed by atoms with Crippen molar-refractivity contribution in [3.05, 3.63) is 84.4 Å². The highest BCUT2D eigenvalue weighted by Gasteiger charge is 2.25. The predicted octanol–water partition coefficient (Wildman–Crippen LogP) is 2.37. The summed E-state index contributed by atoms with van der Waals surface area (Å²) in [6, 6.07) is 18.4. The van der Waals surface area contributed by atoms with Crippen molar-refractivity contribution >= 4 is 43.4 Å². The summed E-state index contributed by atoms with van der Waals surface area (Å²) in [6.45, 7) is 1.76. The normalized spacial score (nSPS) is 12.4. The van der Waals surface area contributed by atoms with Crippen molar-refractivity contribution in [1.29, 1.82) is 0 Å². The second kappa shape index (κ2) is 11.9. The molecule has 0 aromatic heterocycles. The van der Waals surface area contributed by atoms with E-state index in [1.54, 1.807) is 31.2 Å². The maximum absolute atomic E-state index is 13.0. The van der Waals surface area contributed by atoms with E-state index in [2.05, 4.69) is 14.4 Å². The van der Waals surface area contributed by atoms with Gasteiger partial charge in [-0.05, 0) is 55.0 Å². The molecule has 13 heteroatoms. The van der Waals surface area contributed by atoms with Gasteiger partial charge in [-0.25, -0.2) is 26.6 Å². The molecule has 196 valence electrons. The third-order valence-corrected chi connectivity index (χ3v) is 7.82. The summed E-state index contributed by atoms with van der Waals surface area (Å²) < 4.78 is 61.9. The van der Waals surface area contributed by atoms with E-state index in [9.17, 15) is 21.6 Å². The van der Waals surface area contributed by atoms with Gasteiger partial charge in [0.05, 0.1) is 34.5 Å². The number of ether oxygens (including phenoxy) is 1. The molecule has 0 radical (unpaired) electrons. The zero-order valence-electron chi connectivity index (χ0n) is 19.9. The molecule has 0 aliphatic rings. The lowest BCUT2D eigenvalue weighted by Gasteiger charge is -2.20. The largest absolute Gasteiger partial charge is 0.466 e. The minimum absolute atomic E-state index is 0.0152. The first-order valence-electron chi connectivity index (χ1n) is 11.1. The fraction of sp³-hybridized carbons (Fsp3) is 0.167. The van der Waals surface area contributed by atoms with Crippen LogP contribution in [0.15, 0.2) is 93.6 Å². The maximum Gasteiger partial charge on any atom is 0.307 e. The van der Waals surface area contributed by atoms with Gasteiger partial charge in [0.1, 0.15) is 0 Å². The molecule has 37 heavy (non-hydrogen) atoms. The van der Waals surface area contributed by atoms with Crippen LogP contribution in [0.1, 0.15) is 24.9 Å². The third kappa shape index (κ3) is 7.77. The third-order valence-electron chi connectivity index (χ3n) is 4.95. The highest BCUT2D eigenvalue weighted by atomic mass is 32.2. The molecule has 0 aliphatic carbocycles. The lowest BCUT2D eigenvalue weighted by Crippen LogP contribution is -2.31. The fourth-order valence-corrected chi connectivity index (χ4v) is 5.71. The molecule has 0 spiro atoms. The van der Waals surface area contributed by atoms with Crippen LogP contribution in [0.2, 0.25) is 0 Å². The van der Waals surface area contributed by atoms with Gasteiger partial charge in [-0.15, -0.1) is 0 Å². The first-order chi connectivity index (χ1) is 17.5. The summed E-state index contributed by atoms with van der Waals surface area (Å²) in [6.07, 6.45) is -0.309. The van der Waals surface area contributed by atoms with Crippen molar-refractivity contribution in [2.45, 2.75) is 29.2 Å². The number of hydrogen-bond acceptors (Lipinski definition) is 7. The molecule has 0 heterocycles. The second-order valence-electron chi connectivity index (χ2n) is 7.76. The highest BCUT2D eigenvalue weighted by Crippen LogP contribution is 2.26. The Balaban J connectivity index is 1.92. The fourth-order valence-electron chi connectivity index (χ4n) is 3.37. The summed E-state index contributed by atoms with van der Waals surface area (Å²) >= 11 is 0. The molecule has 0 fully saturated rings. The highest BCUT2D eigenvalue weighted by molar-refractivity contribution is 7.92. The molecule has 0 aliphatic heterocycles. The van der Waals surface area contributed by atoms with Crippen LogP contribution < -0.4 is 20.9 Å². The van der Waals surface area contributed by atoms with Gasteiger partial charge in [-0.2, -0.15) is 0 Å². The monoisotopic (exact) mass is 545 g/mol. The quantitative estimate of drug-likeness (QED) is 0.161. The molecule has 0 saturated heterocycles. The Morgan fingerprint density at radius 1 is 0.892 bits per heavy atom. The van der Waals surface area contributed by atoms with E-state index >= 15 is 0 Å². The number of hydrogen-bond donors (Lipinski definition) is 4. The molecule has 3 aromatic carbocycles. The Kier molecular flexibility index (Phi) is 8.86. The van der Waals surface area contributed by atoms with Crippen LogP contribution in [0.25, 0.3) is 0 Å². The van der Waals surface area contributed by atoms with Gasteiger partial charge in [0, 0.05) is 5.69 Å². The zero-order valence-corrected chi connectivity index (χ0v) is 21.5. The molecule has 11 nitrogen and oxygen atoms in total. The number of guanidine groups is 1. The van der Waals surface area contributed by atoms with Crippen LogP contribution in [0.4, 0.5) is 11.4 Å². The minimum atomic E-state index is -4.06. The van der Waals surface area contributed by atoms with E-state index in [0.29, 0.717) is 5.56 Å². The number of anilines is 1. The molecular formula is C24H27N5O6S2. The molecule has 0 bridgehead atoms. The Hall–Kier alpha value is -3.94. The number of benzene rings is 3. The van der Waals surface area contributed by atoms with Crippen molar-refractivity contribution < 1.29 is 26.4 Å². The summed E-state index contributed by atoms with van der Waals surface area (Å²) in [5, 5.41) is 0. The summed E-state index contributed by atoms with van der Waals surface area (Å²) in [4.78, 5) is 16.0. The van der Waals surface area contributed by atoms with Crippen molar-refractivity contribution in [3.8, 4) is 0 Å². The average Bonchev–Trinajstić information content (AvgIpc) is 2.84. The zero-order chi connectivity index (χ0) is 27.1. The van der Waals surface area contributed by atoms with Crippen molar-refractivity contribution in [2.75, 3.05) is 11.3 Å². The Labute approximate surface area is 215 Å². The standard InChI is InChI=1S/C24H27N5O6S2/c1-2-35-23(30)16-22(29-36(31,32)20-11-4-3-5-12-20)17-8-6-10-19(14-17)28-37(33,34)21-13-7-9-18(15-21)27-24(25)26/h3-15,22,28-29H,2,16H2,1H3,(H4,25,26,27). The van der Waals surface area contributed by atoms with Gasteiger partial charge >= 0.3 is 5.97 Å². The molecule has 0 amide bonds. The second-order valence-corrected chi connectivity index (χ2v) is 11.2. The summed E-state index contributed by atoms with van der Waals surface area (Å²) in [5.41, 5.74) is 11.5. The van der Waals surface area contributed by atoms with Gasteiger partial charge < -0.3 is 16.2 Å². The van der Waals surface area contributed by atoms with E-state index in [1.165, 1.54) is 54.6 Å². The molecule has 0 saturated carbocycles. The molecule has 3 rings (SSSR count). The lowest BCUT2D eigenvalue weighted by atomic mass is 10.0. The van der Waals surface area contributed by atoms with Gasteiger partial charge in [0.2, 0.25) is 10.0 Å². The molecular weight excluding hydrogens is 518 g/mol. The predicted molar refractivity (Wildman–Crippen MR) is 140 cm³/mol. The van der Waals surface area contributed by atoms with Crippen LogP contribution in [0.3, 0.4) is 0 Å². The van der Waals surface area contributed by atoms with Gasteiger partial charge in [0.25, 0.3) is 10.0 Å². The van der Waals surface area contributed by atoms with Crippen LogP contribution >= 0.6 is 0 Å². The van der Waals surface area contributed by atoms with Crippen LogP contribution in [-0.2, 0) is 29.6 Å². The van der Waals surface area contributed by atoms with E-state index in [0.717, 1.165) is 0 Å². The lowest BCUT2D eigenvalue weighted by molar-refractivity contribution is -0.143. The average molecular weight is 546 g/mol. The smallest absolute Gasteiger partial charge is 0.307 e. The van der Waals surface area contributed by atoms with E-state index < -0.39 is 32.1 Å². The first-order valence-corrected chi connectivity index (χ1v) is 14.0. The van der Waals surface area contributed by atoms with Crippen LogP contribution in [0.5, 0.6) is 0 Å². The Morgan fingerprint density at radius 3 is 2.24 bits per heavy atom. The van der Waals surface area contributed by atoms with Crippen LogP contribution in [0, 0.1) is 0 Å². The van der Waals surface area contributed by atoms with Crippen molar-refractivity contribution in [2.24, 2.45) is 16.5 Å². The number of nitrogens with one attached hydrogen (secondary N) is 2. The maximum atomic E-state index is 13.0. The molecule has 6 N–H and O–H groups in total. The first kappa shape index (κ1) is 27.6. The number of nitrogens with two attached hydrogens (primary N) is 2. The van der Waals surface area contributed by atoms with E-state index in [1.807, 2.05) is 0 Å². The number of aliphatic imine (C=N–C) groups is 1. The van der Waals surface area contributed by atoms with Crippen molar-refractivity contribution in [1.82, 2.24) is 4.72 Å². The Bertz CT molecular complexity index is 1490. The van der Waals surface area contributed by atoms with E-state index in [4.69, 9.17) is 16.2 Å². The van der Waals surface area contributed by atoms with Crippen LogP contribution in [-0.4, -0.2) is 35.4 Å². The van der Waals surface area contributed by atoms with Gasteiger partial charge in [-0.1, -0.05) is 36.4 Å². The number of sulfonamides is 2. The molecule has 1 atom stereocenters. The number of rotatable bonds is 11. The molecule has 3 aromatic rings. The van der Waals surface area contributed by atoms with E-state index in [-0.39, 0.29) is 40.2 Å². The SMILES string of the molecule is CCOC(=O)CC(NS(=O)(=O)c1ccccc1)c1cccc(NS(=O)(=O)c2cccc(N=C(N)N)c2)c1. The van der Waals surface area contributed by atoms with Crippen molar-refractivity contribution in [3.63, 3.8) is 0 Å². The van der Waals surface area contributed by atoms with Gasteiger partial charge in [0.15, 0.2) is 5.96 Å². The summed E-state index contributed by atoms with van der Waals surface area (Å²) in [5.74, 6) is -0.841. The number of esters is 1. The topological polar surface area (TPSA) is 183 Å². The summed E-state index contributed by atoms with van der Waals surface area (Å²) in [7, 11) is -8.06. The molecule has 1 unspecified atom stereocenters. The minimum Gasteiger partial charge on any atom is -0.466 e. The number of carbonyl (C=O) groups is 1. The Morgan fingerprint density at radius 2 is 1.57 bits per heavy atom. The number of nitrogens with zero attached hydrogens (tertiary/aromatic N) is 1. The van der Waals surface area contributed by atoms with Gasteiger partial charge in [-0.3, -0.25) is 9.52 Å².